The number of rotatable bonds is 6. The number of nitrogens with one attached hydrogen (secondary N) is 1. The normalized spacial score (nSPS) is 16.4. The number of amides is 1. The summed E-state index contributed by atoms with van der Waals surface area (Å²) in [5.41, 5.74) is 5.91. The molecule has 2 aromatic rings. The van der Waals surface area contributed by atoms with Gasteiger partial charge in [0.25, 0.3) is 0 Å². The van der Waals surface area contributed by atoms with Gasteiger partial charge in [-0.2, -0.15) is 0 Å². The van der Waals surface area contributed by atoms with Crippen LogP contribution in [0.5, 0.6) is 0 Å². The molecule has 3 heteroatoms. The van der Waals surface area contributed by atoms with E-state index < -0.39 is 0 Å². The fourth-order valence-corrected chi connectivity index (χ4v) is 3.16. The Kier molecular flexibility index (Phi) is 4.81. The molecule has 0 bridgehead atoms. The summed E-state index contributed by atoms with van der Waals surface area (Å²) in [7, 11) is 4.11. The topological polar surface area (TPSA) is 32.3 Å². The van der Waals surface area contributed by atoms with Crippen molar-refractivity contribution in [2.75, 3.05) is 14.1 Å². The average Bonchev–Trinajstić information content (AvgIpc) is 3.24. The highest BCUT2D eigenvalue weighted by Crippen LogP contribution is 2.46. The standard InChI is InChI=1S/C21H24N2O/c1-15-19(18-10-5-4-6-11-18)20(15)21(24)22-13-16-8-7-9-17(12-16)14-23(2)3/h4-12,20H,13-14H2,1-3H3,(H,22,24)/t20-/m0/s1. The Bertz CT molecular complexity index is 762. The molecule has 0 aliphatic heterocycles. The van der Waals surface area contributed by atoms with Crippen LogP contribution in [0.15, 0.2) is 60.2 Å². The minimum atomic E-state index is -0.0580. The van der Waals surface area contributed by atoms with Crippen LogP contribution < -0.4 is 5.32 Å². The van der Waals surface area contributed by atoms with E-state index in [1.165, 1.54) is 16.7 Å². The molecule has 3 rings (SSSR count). The quantitative estimate of drug-likeness (QED) is 0.884. The van der Waals surface area contributed by atoms with Crippen molar-refractivity contribution in [2.45, 2.75) is 20.0 Å². The van der Waals surface area contributed by atoms with E-state index in [4.69, 9.17) is 0 Å². The van der Waals surface area contributed by atoms with Gasteiger partial charge in [0.15, 0.2) is 0 Å². The predicted octanol–water partition coefficient (Wildman–Crippen LogP) is 3.47. The van der Waals surface area contributed by atoms with Crippen LogP contribution in [0.1, 0.15) is 23.6 Å². The molecule has 0 radical (unpaired) electrons. The van der Waals surface area contributed by atoms with Gasteiger partial charge >= 0.3 is 0 Å². The molecule has 0 spiro atoms. The van der Waals surface area contributed by atoms with Crippen LogP contribution in [0.25, 0.3) is 5.57 Å². The van der Waals surface area contributed by atoms with Gasteiger partial charge in [0, 0.05) is 13.1 Å². The summed E-state index contributed by atoms with van der Waals surface area (Å²) in [6.45, 7) is 3.53. The number of nitrogens with zero attached hydrogens (tertiary/aromatic N) is 1. The third kappa shape index (κ3) is 3.74. The number of carbonyl (C=O) groups is 1. The Morgan fingerprint density at radius 3 is 2.46 bits per heavy atom. The summed E-state index contributed by atoms with van der Waals surface area (Å²) in [4.78, 5) is 14.6. The smallest absolute Gasteiger partial charge is 0.231 e. The van der Waals surface area contributed by atoms with Crippen LogP contribution in [-0.4, -0.2) is 24.9 Å². The van der Waals surface area contributed by atoms with Crippen molar-refractivity contribution >= 4 is 11.5 Å². The molecule has 0 saturated carbocycles. The summed E-state index contributed by atoms with van der Waals surface area (Å²) in [6.07, 6.45) is 0. The van der Waals surface area contributed by atoms with Crippen molar-refractivity contribution in [3.05, 3.63) is 76.9 Å². The van der Waals surface area contributed by atoms with Crippen molar-refractivity contribution in [3.63, 3.8) is 0 Å². The maximum absolute atomic E-state index is 12.5. The van der Waals surface area contributed by atoms with Gasteiger partial charge in [-0.3, -0.25) is 4.79 Å². The molecule has 124 valence electrons. The Balaban J connectivity index is 1.57. The Labute approximate surface area is 144 Å². The van der Waals surface area contributed by atoms with Gasteiger partial charge < -0.3 is 10.2 Å². The van der Waals surface area contributed by atoms with Gasteiger partial charge in [0.05, 0.1) is 5.92 Å². The summed E-state index contributed by atoms with van der Waals surface area (Å²) < 4.78 is 0. The fraction of sp³-hybridized carbons (Fsp3) is 0.286. The summed E-state index contributed by atoms with van der Waals surface area (Å²) in [5.74, 6) is 0.0433. The lowest BCUT2D eigenvalue weighted by molar-refractivity contribution is -0.121. The zero-order valence-corrected chi connectivity index (χ0v) is 14.5. The molecule has 1 atom stereocenters. The summed E-state index contributed by atoms with van der Waals surface area (Å²) in [6, 6.07) is 18.5. The second-order valence-corrected chi connectivity index (χ2v) is 6.67. The third-order valence-electron chi connectivity index (χ3n) is 4.37. The maximum Gasteiger partial charge on any atom is 0.231 e. The molecule has 1 aliphatic rings. The first-order chi connectivity index (χ1) is 11.6. The molecule has 1 amide bonds. The van der Waals surface area contributed by atoms with Crippen LogP contribution in [0, 0.1) is 5.92 Å². The highest BCUT2D eigenvalue weighted by molar-refractivity contribution is 6.05. The van der Waals surface area contributed by atoms with E-state index >= 15 is 0 Å². The fourth-order valence-electron chi connectivity index (χ4n) is 3.16. The molecule has 0 aromatic heterocycles. The van der Waals surface area contributed by atoms with Crippen molar-refractivity contribution in [2.24, 2.45) is 5.92 Å². The average molecular weight is 320 g/mol. The maximum atomic E-state index is 12.5. The van der Waals surface area contributed by atoms with E-state index in [9.17, 15) is 4.79 Å². The van der Waals surface area contributed by atoms with Crippen molar-refractivity contribution < 1.29 is 4.79 Å². The zero-order valence-electron chi connectivity index (χ0n) is 14.5. The van der Waals surface area contributed by atoms with Crippen LogP contribution in [0.4, 0.5) is 0 Å². The molecule has 2 aromatic carbocycles. The molecular formula is C21H24N2O. The first-order valence-corrected chi connectivity index (χ1v) is 8.32. The second-order valence-electron chi connectivity index (χ2n) is 6.67. The Hall–Kier alpha value is -2.39. The number of hydrogen-bond donors (Lipinski definition) is 1. The molecule has 0 heterocycles. The molecule has 0 unspecified atom stereocenters. The lowest BCUT2D eigenvalue weighted by Gasteiger charge is -2.11. The monoisotopic (exact) mass is 320 g/mol. The van der Waals surface area contributed by atoms with Gasteiger partial charge in [-0.1, -0.05) is 60.2 Å². The van der Waals surface area contributed by atoms with Crippen molar-refractivity contribution in [1.82, 2.24) is 10.2 Å². The second kappa shape index (κ2) is 7.02. The Morgan fingerprint density at radius 2 is 1.75 bits per heavy atom. The number of hydrogen-bond acceptors (Lipinski definition) is 2. The number of carbonyl (C=O) groups excluding carboxylic acids is 1. The van der Waals surface area contributed by atoms with Gasteiger partial charge in [-0.05, 0) is 43.3 Å². The van der Waals surface area contributed by atoms with Crippen LogP contribution in [0.3, 0.4) is 0 Å². The van der Waals surface area contributed by atoms with Crippen LogP contribution >= 0.6 is 0 Å². The minimum absolute atomic E-state index is 0.0580. The van der Waals surface area contributed by atoms with E-state index in [0.29, 0.717) is 6.54 Å². The van der Waals surface area contributed by atoms with E-state index in [1.807, 2.05) is 25.1 Å². The summed E-state index contributed by atoms with van der Waals surface area (Å²) >= 11 is 0. The van der Waals surface area contributed by atoms with E-state index in [-0.39, 0.29) is 11.8 Å². The van der Waals surface area contributed by atoms with Gasteiger partial charge in [0.2, 0.25) is 5.91 Å². The van der Waals surface area contributed by atoms with Crippen molar-refractivity contribution in [1.29, 1.82) is 0 Å². The number of benzene rings is 2. The molecular weight excluding hydrogens is 296 g/mol. The Morgan fingerprint density at radius 1 is 1.04 bits per heavy atom. The van der Waals surface area contributed by atoms with E-state index in [1.54, 1.807) is 0 Å². The highest BCUT2D eigenvalue weighted by atomic mass is 16.2. The summed E-state index contributed by atoms with van der Waals surface area (Å²) in [5, 5.41) is 3.08. The minimum Gasteiger partial charge on any atom is -0.351 e. The van der Waals surface area contributed by atoms with Crippen LogP contribution in [-0.2, 0) is 17.9 Å². The SMILES string of the molecule is CC1=C(c2ccccc2)[C@H]1C(=O)NCc1cccc(CN(C)C)c1. The van der Waals surface area contributed by atoms with Gasteiger partial charge in [-0.25, -0.2) is 0 Å². The van der Waals surface area contributed by atoms with E-state index in [0.717, 1.165) is 17.7 Å². The van der Waals surface area contributed by atoms with Gasteiger partial charge in [-0.15, -0.1) is 0 Å². The first-order valence-electron chi connectivity index (χ1n) is 8.32. The molecule has 0 saturated heterocycles. The highest BCUT2D eigenvalue weighted by Gasteiger charge is 2.39. The molecule has 3 nitrogen and oxygen atoms in total. The first kappa shape index (κ1) is 16.5. The van der Waals surface area contributed by atoms with Crippen LogP contribution in [0.2, 0.25) is 0 Å². The molecule has 1 aliphatic carbocycles. The molecule has 1 N–H and O–H groups in total. The van der Waals surface area contributed by atoms with Crippen molar-refractivity contribution in [3.8, 4) is 0 Å². The van der Waals surface area contributed by atoms with E-state index in [2.05, 4.69) is 60.7 Å². The van der Waals surface area contributed by atoms with Gasteiger partial charge in [0.1, 0.15) is 0 Å². The molecule has 0 fully saturated rings. The largest absolute Gasteiger partial charge is 0.351 e. The lowest BCUT2D eigenvalue weighted by atomic mass is 10.1. The lowest BCUT2D eigenvalue weighted by Crippen LogP contribution is -2.26. The predicted molar refractivity (Wildman–Crippen MR) is 98.2 cm³/mol. The molecule has 24 heavy (non-hydrogen) atoms. The zero-order chi connectivity index (χ0) is 17.1. The third-order valence-corrected chi connectivity index (χ3v) is 4.37.